The van der Waals surface area contributed by atoms with Gasteiger partial charge >= 0.3 is 0 Å². The van der Waals surface area contributed by atoms with Gasteiger partial charge in [-0.25, -0.2) is 8.78 Å². The lowest BCUT2D eigenvalue weighted by molar-refractivity contribution is 0.427. The number of anilines is 1. The molecule has 0 radical (unpaired) electrons. The Hall–Kier alpha value is -2.70. The molecular weight excluding hydrogens is 256 g/mol. The topological polar surface area (TPSA) is 78.1 Å². The van der Waals surface area contributed by atoms with Gasteiger partial charge in [-0.15, -0.1) is 0 Å². The van der Waals surface area contributed by atoms with E-state index in [-0.39, 0.29) is 23.0 Å². The van der Waals surface area contributed by atoms with E-state index in [9.17, 15) is 8.78 Å². The Balaban J connectivity index is 2.06. The van der Waals surface area contributed by atoms with Crippen LogP contribution in [0.15, 0.2) is 39.5 Å². The van der Waals surface area contributed by atoms with E-state index < -0.39 is 11.6 Å². The molecule has 2 N–H and O–H groups in total. The minimum absolute atomic E-state index is 0.0655. The van der Waals surface area contributed by atoms with Gasteiger partial charge in [0.2, 0.25) is 5.82 Å². The normalized spacial score (nSPS) is 10.8. The zero-order chi connectivity index (χ0) is 13.4. The van der Waals surface area contributed by atoms with Crippen LogP contribution in [0.1, 0.15) is 0 Å². The fourth-order valence-corrected chi connectivity index (χ4v) is 1.57. The number of hydrogen-bond donors (Lipinski definition) is 1. The van der Waals surface area contributed by atoms with Crippen molar-refractivity contribution < 1.29 is 17.7 Å². The highest BCUT2D eigenvalue weighted by Crippen LogP contribution is 2.27. The molecule has 0 bridgehead atoms. The number of nitrogens with zero attached hydrogens (tertiary/aromatic N) is 2. The van der Waals surface area contributed by atoms with Crippen molar-refractivity contribution in [1.29, 1.82) is 0 Å². The molecule has 0 fully saturated rings. The van der Waals surface area contributed by atoms with E-state index in [1.54, 1.807) is 12.1 Å². The summed E-state index contributed by atoms with van der Waals surface area (Å²) >= 11 is 0. The van der Waals surface area contributed by atoms with Crippen LogP contribution in [-0.2, 0) is 0 Å². The van der Waals surface area contributed by atoms with Gasteiger partial charge in [-0.05, 0) is 18.2 Å². The Labute approximate surface area is 105 Å². The van der Waals surface area contributed by atoms with E-state index in [4.69, 9.17) is 14.7 Å². The zero-order valence-corrected chi connectivity index (χ0v) is 9.43. The molecule has 1 aromatic carbocycles. The first kappa shape index (κ1) is 11.4. The van der Waals surface area contributed by atoms with E-state index in [1.165, 1.54) is 6.26 Å². The molecule has 3 aromatic rings. The third-order valence-electron chi connectivity index (χ3n) is 2.48. The summed E-state index contributed by atoms with van der Waals surface area (Å²) < 4.78 is 36.7. The van der Waals surface area contributed by atoms with Crippen LogP contribution in [0.25, 0.3) is 23.0 Å². The second-order valence-corrected chi connectivity index (χ2v) is 3.75. The van der Waals surface area contributed by atoms with Crippen LogP contribution in [0.3, 0.4) is 0 Å². The van der Waals surface area contributed by atoms with Crippen molar-refractivity contribution >= 4 is 5.69 Å². The van der Waals surface area contributed by atoms with Crippen molar-refractivity contribution in [2.45, 2.75) is 0 Å². The van der Waals surface area contributed by atoms with E-state index in [1.807, 2.05) is 0 Å². The summed E-state index contributed by atoms with van der Waals surface area (Å²) in [4.78, 5) is 3.97. The minimum atomic E-state index is -0.841. The Bertz CT molecular complexity index is 723. The molecule has 0 aliphatic heterocycles. The molecule has 0 amide bonds. The molecule has 2 aromatic heterocycles. The molecule has 0 unspecified atom stereocenters. The summed E-state index contributed by atoms with van der Waals surface area (Å²) in [6.07, 6.45) is 1.45. The fraction of sp³-hybridized carbons (Fsp3) is 0. The molecule has 2 heterocycles. The van der Waals surface area contributed by atoms with Crippen LogP contribution in [0.5, 0.6) is 0 Å². The highest BCUT2D eigenvalue weighted by Gasteiger charge is 2.17. The van der Waals surface area contributed by atoms with E-state index in [0.717, 1.165) is 6.07 Å². The monoisotopic (exact) mass is 263 g/mol. The number of nitrogen functional groups attached to an aromatic ring is 1. The molecule has 0 saturated heterocycles. The van der Waals surface area contributed by atoms with E-state index in [2.05, 4.69) is 10.1 Å². The third-order valence-corrected chi connectivity index (χ3v) is 2.48. The summed E-state index contributed by atoms with van der Waals surface area (Å²) in [6.45, 7) is 0. The van der Waals surface area contributed by atoms with Gasteiger partial charge in [0.25, 0.3) is 5.89 Å². The molecule has 5 nitrogen and oxygen atoms in total. The third kappa shape index (κ3) is 1.95. The van der Waals surface area contributed by atoms with Crippen LogP contribution in [-0.4, -0.2) is 10.1 Å². The molecular formula is C12H7F2N3O2. The predicted octanol–water partition coefficient (Wildman–Crippen LogP) is 2.86. The highest BCUT2D eigenvalue weighted by atomic mass is 19.1. The lowest BCUT2D eigenvalue weighted by atomic mass is 10.2. The Morgan fingerprint density at radius 3 is 2.74 bits per heavy atom. The molecule has 96 valence electrons. The van der Waals surface area contributed by atoms with Crippen LogP contribution < -0.4 is 5.73 Å². The summed E-state index contributed by atoms with van der Waals surface area (Å²) in [5, 5.41) is 3.65. The van der Waals surface area contributed by atoms with Crippen molar-refractivity contribution in [2.75, 3.05) is 5.73 Å². The summed E-state index contributed by atoms with van der Waals surface area (Å²) in [6, 6.07) is 5.05. The van der Waals surface area contributed by atoms with Crippen LogP contribution in [0, 0.1) is 11.6 Å². The lowest BCUT2D eigenvalue weighted by Gasteiger charge is -2.00. The molecule has 0 spiro atoms. The summed E-state index contributed by atoms with van der Waals surface area (Å²) in [5.74, 6) is -1.23. The maximum Gasteiger partial charge on any atom is 0.261 e. The second-order valence-electron chi connectivity index (χ2n) is 3.75. The first-order valence-corrected chi connectivity index (χ1v) is 5.27. The largest absolute Gasteiger partial charge is 0.461 e. The van der Waals surface area contributed by atoms with Gasteiger partial charge in [0, 0.05) is 6.07 Å². The molecule has 0 aliphatic rings. The molecule has 19 heavy (non-hydrogen) atoms. The number of rotatable bonds is 2. The summed E-state index contributed by atoms with van der Waals surface area (Å²) in [7, 11) is 0. The number of furan rings is 1. The number of benzene rings is 1. The molecule has 0 aliphatic carbocycles. The maximum atomic E-state index is 13.6. The smallest absolute Gasteiger partial charge is 0.261 e. The maximum absolute atomic E-state index is 13.6. The van der Waals surface area contributed by atoms with E-state index in [0.29, 0.717) is 11.8 Å². The molecule has 3 rings (SSSR count). The van der Waals surface area contributed by atoms with Crippen LogP contribution in [0.4, 0.5) is 14.5 Å². The van der Waals surface area contributed by atoms with Crippen molar-refractivity contribution in [1.82, 2.24) is 10.1 Å². The minimum Gasteiger partial charge on any atom is -0.461 e. The van der Waals surface area contributed by atoms with Gasteiger partial charge in [-0.1, -0.05) is 5.16 Å². The van der Waals surface area contributed by atoms with Crippen LogP contribution >= 0.6 is 0 Å². The SMILES string of the molecule is Nc1cc(-c2nc(-c3ccco3)no2)c(F)cc1F. The van der Waals surface area contributed by atoms with Gasteiger partial charge in [0.1, 0.15) is 11.6 Å². The number of halogens is 2. The van der Waals surface area contributed by atoms with Gasteiger partial charge < -0.3 is 14.7 Å². The van der Waals surface area contributed by atoms with Crippen LogP contribution in [0.2, 0.25) is 0 Å². The van der Waals surface area contributed by atoms with E-state index >= 15 is 0 Å². The average molecular weight is 263 g/mol. The van der Waals surface area contributed by atoms with Gasteiger partial charge in [-0.2, -0.15) is 4.98 Å². The second kappa shape index (κ2) is 4.20. The van der Waals surface area contributed by atoms with Crippen molar-refractivity contribution in [3.8, 4) is 23.0 Å². The van der Waals surface area contributed by atoms with Gasteiger partial charge in [-0.3, -0.25) is 0 Å². The quantitative estimate of drug-likeness (QED) is 0.719. The Morgan fingerprint density at radius 1 is 1.16 bits per heavy atom. The first-order chi connectivity index (χ1) is 9.15. The number of hydrogen-bond acceptors (Lipinski definition) is 5. The molecule has 0 saturated carbocycles. The lowest BCUT2D eigenvalue weighted by Crippen LogP contribution is -1.94. The van der Waals surface area contributed by atoms with Gasteiger partial charge in [0.05, 0.1) is 17.5 Å². The van der Waals surface area contributed by atoms with Crippen molar-refractivity contribution in [2.24, 2.45) is 0 Å². The average Bonchev–Trinajstić information content (AvgIpc) is 3.03. The number of nitrogens with two attached hydrogens (primary N) is 1. The standard InChI is InChI=1S/C12H7F2N3O2/c13-7-5-8(14)9(15)4-6(7)12-16-11(17-19-12)10-2-1-3-18-10/h1-5H,15H2. The summed E-state index contributed by atoms with van der Waals surface area (Å²) in [5.41, 5.74) is 5.11. The first-order valence-electron chi connectivity index (χ1n) is 5.27. The predicted molar refractivity (Wildman–Crippen MR) is 61.8 cm³/mol. The van der Waals surface area contributed by atoms with Crippen molar-refractivity contribution in [3.63, 3.8) is 0 Å². The Morgan fingerprint density at radius 2 is 2.00 bits per heavy atom. The van der Waals surface area contributed by atoms with Gasteiger partial charge in [0.15, 0.2) is 5.76 Å². The number of aromatic nitrogens is 2. The molecule has 0 atom stereocenters. The molecule has 7 heteroatoms. The highest BCUT2D eigenvalue weighted by molar-refractivity contribution is 5.62. The fourth-order valence-electron chi connectivity index (χ4n) is 1.57. The van der Waals surface area contributed by atoms with Crippen molar-refractivity contribution in [3.05, 3.63) is 42.2 Å². The Kier molecular flexibility index (Phi) is 2.52. The zero-order valence-electron chi connectivity index (χ0n) is 9.43.